The van der Waals surface area contributed by atoms with Gasteiger partial charge in [0.1, 0.15) is 11.9 Å². The molecule has 4 rings (SSSR count). The highest BCUT2D eigenvalue weighted by Crippen LogP contribution is 2.37. The van der Waals surface area contributed by atoms with Crippen molar-refractivity contribution in [3.05, 3.63) is 53.9 Å². The number of hydrogen-bond acceptors (Lipinski definition) is 4. The smallest absolute Gasteiger partial charge is 0.483 e. The van der Waals surface area contributed by atoms with Crippen LogP contribution in [-0.2, 0) is 15.7 Å². The van der Waals surface area contributed by atoms with Gasteiger partial charge in [0.25, 0.3) is 0 Å². The molecule has 2 aliphatic rings. The summed E-state index contributed by atoms with van der Waals surface area (Å²) in [5.74, 6) is 0.887. The molecule has 2 aliphatic heterocycles. The number of nitrogens with zero attached hydrogens (tertiary/aromatic N) is 1. The minimum atomic E-state index is -0.326. The Balaban J connectivity index is 1.51. The molecule has 5 heteroatoms. The molecule has 0 aliphatic carbocycles. The van der Waals surface area contributed by atoms with Gasteiger partial charge in [-0.25, -0.2) is 0 Å². The third-order valence-corrected chi connectivity index (χ3v) is 5.33. The van der Waals surface area contributed by atoms with E-state index in [9.17, 15) is 0 Å². The third kappa shape index (κ3) is 2.52. The molecule has 1 unspecified atom stereocenters. The molecule has 0 saturated carbocycles. The van der Waals surface area contributed by atoms with Crippen molar-refractivity contribution in [2.45, 2.75) is 51.4 Å². The maximum Gasteiger partial charge on any atom is 0.494 e. The van der Waals surface area contributed by atoms with Gasteiger partial charge in [0, 0.05) is 12.6 Å². The summed E-state index contributed by atoms with van der Waals surface area (Å²) in [4.78, 5) is 4.38. The average Bonchev–Trinajstić information content (AvgIpc) is 3.06. The van der Waals surface area contributed by atoms with Crippen LogP contribution in [0.3, 0.4) is 0 Å². The largest absolute Gasteiger partial charge is 0.494 e. The normalized spacial score (nSPS) is 23.8. The van der Waals surface area contributed by atoms with Crippen molar-refractivity contribution in [1.82, 2.24) is 4.98 Å². The van der Waals surface area contributed by atoms with Crippen molar-refractivity contribution in [2.75, 3.05) is 0 Å². The van der Waals surface area contributed by atoms with Crippen LogP contribution in [0.2, 0.25) is 0 Å². The van der Waals surface area contributed by atoms with Gasteiger partial charge in [-0.3, -0.25) is 4.98 Å². The van der Waals surface area contributed by atoms with Crippen molar-refractivity contribution in [3.63, 3.8) is 0 Å². The fourth-order valence-corrected chi connectivity index (χ4v) is 3.09. The Labute approximate surface area is 143 Å². The summed E-state index contributed by atoms with van der Waals surface area (Å²) in [5.41, 5.74) is 2.56. The molecule has 124 valence electrons. The van der Waals surface area contributed by atoms with Crippen molar-refractivity contribution in [1.29, 1.82) is 0 Å². The number of pyridine rings is 1. The molecular weight excluding hydrogens is 301 g/mol. The van der Waals surface area contributed by atoms with E-state index in [1.807, 2.05) is 18.3 Å². The van der Waals surface area contributed by atoms with Crippen LogP contribution in [0, 0.1) is 0 Å². The second-order valence-corrected chi connectivity index (χ2v) is 7.51. The van der Waals surface area contributed by atoms with Gasteiger partial charge in [0.2, 0.25) is 0 Å². The van der Waals surface area contributed by atoms with Gasteiger partial charge < -0.3 is 14.0 Å². The van der Waals surface area contributed by atoms with Gasteiger partial charge in [-0.1, -0.05) is 24.3 Å². The highest BCUT2D eigenvalue weighted by atomic mass is 16.7. The second-order valence-electron chi connectivity index (χ2n) is 7.51. The Morgan fingerprint density at radius 3 is 2.29 bits per heavy atom. The fourth-order valence-electron chi connectivity index (χ4n) is 3.09. The zero-order chi connectivity index (χ0) is 16.9. The van der Waals surface area contributed by atoms with Crippen molar-refractivity contribution in [2.24, 2.45) is 0 Å². The highest BCUT2D eigenvalue weighted by Gasteiger charge is 2.51. The second kappa shape index (κ2) is 5.33. The summed E-state index contributed by atoms with van der Waals surface area (Å²) in [5, 5.41) is 0. The molecule has 0 N–H and O–H groups in total. The summed E-state index contributed by atoms with van der Waals surface area (Å²) >= 11 is 0. The SMILES string of the molecule is CC1(C)OB(c2ccc(C3Cc4ncccc4O3)cc2)OC1(C)C. The molecule has 24 heavy (non-hydrogen) atoms. The van der Waals surface area contributed by atoms with E-state index in [0.29, 0.717) is 0 Å². The molecule has 0 spiro atoms. The van der Waals surface area contributed by atoms with E-state index < -0.39 is 0 Å². The fraction of sp³-hybridized carbons (Fsp3) is 0.421. The first-order valence-corrected chi connectivity index (χ1v) is 8.42. The van der Waals surface area contributed by atoms with Gasteiger partial charge in [-0.05, 0) is 50.9 Å². The van der Waals surface area contributed by atoms with Gasteiger partial charge in [0.05, 0.1) is 16.9 Å². The van der Waals surface area contributed by atoms with Crippen LogP contribution >= 0.6 is 0 Å². The maximum atomic E-state index is 6.10. The van der Waals surface area contributed by atoms with E-state index in [-0.39, 0.29) is 24.4 Å². The van der Waals surface area contributed by atoms with E-state index in [1.54, 1.807) is 0 Å². The summed E-state index contributed by atoms with van der Waals surface area (Å²) in [6, 6.07) is 12.2. The lowest BCUT2D eigenvalue weighted by Gasteiger charge is -2.32. The van der Waals surface area contributed by atoms with Crippen LogP contribution in [0.25, 0.3) is 0 Å². The molecule has 1 atom stereocenters. The zero-order valence-corrected chi connectivity index (χ0v) is 14.6. The minimum Gasteiger partial charge on any atom is -0.483 e. The molecule has 1 saturated heterocycles. The molecule has 3 heterocycles. The van der Waals surface area contributed by atoms with Crippen LogP contribution < -0.4 is 10.2 Å². The molecule has 0 bridgehead atoms. The minimum absolute atomic E-state index is 0.0299. The molecule has 4 nitrogen and oxygen atoms in total. The third-order valence-electron chi connectivity index (χ3n) is 5.33. The van der Waals surface area contributed by atoms with Crippen LogP contribution in [0.1, 0.15) is 45.1 Å². The molecule has 1 fully saturated rings. The van der Waals surface area contributed by atoms with Crippen LogP contribution in [-0.4, -0.2) is 23.3 Å². The maximum absolute atomic E-state index is 6.10. The first kappa shape index (κ1) is 15.7. The van der Waals surface area contributed by atoms with E-state index in [4.69, 9.17) is 14.0 Å². The van der Waals surface area contributed by atoms with Crippen LogP contribution in [0.5, 0.6) is 5.75 Å². The summed E-state index contributed by atoms with van der Waals surface area (Å²) in [6.45, 7) is 8.27. The Morgan fingerprint density at radius 1 is 1.00 bits per heavy atom. The number of hydrogen-bond donors (Lipinski definition) is 0. The first-order valence-electron chi connectivity index (χ1n) is 8.42. The molecule has 1 aromatic heterocycles. The van der Waals surface area contributed by atoms with E-state index in [1.165, 1.54) is 0 Å². The lowest BCUT2D eigenvalue weighted by Crippen LogP contribution is -2.41. The summed E-state index contributed by atoms with van der Waals surface area (Å²) < 4.78 is 18.2. The number of benzene rings is 1. The standard InChI is InChI=1S/C19H22BNO3/c1-18(2)19(3,4)24-20(23-18)14-9-7-13(8-10-14)17-12-15-16(22-17)6-5-11-21-15/h5-11,17H,12H2,1-4H3. The predicted molar refractivity (Wildman–Crippen MR) is 93.5 cm³/mol. The number of aromatic nitrogens is 1. The lowest BCUT2D eigenvalue weighted by atomic mass is 9.78. The Bertz CT molecular complexity index is 716. The molecule has 1 aromatic carbocycles. The number of ether oxygens (including phenoxy) is 1. The van der Waals surface area contributed by atoms with Crippen molar-refractivity contribution in [3.8, 4) is 5.75 Å². The zero-order valence-electron chi connectivity index (χ0n) is 14.6. The van der Waals surface area contributed by atoms with Crippen LogP contribution in [0.15, 0.2) is 42.6 Å². The quantitative estimate of drug-likeness (QED) is 0.797. The van der Waals surface area contributed by atoms with Gasteiger partial charge in [-0.15, -0.1) is 0 Å². The average molecular weight is 323 g/mol. The Morgan fingerprint density at radius 2 is 1.67 bits per heavy atom. The van der Waals surface area contributed by atoms with E-state index in [0.717, 1.165) is 28.9 Å². The molecular formula is C19H22BNO3. The van der Waals surface area contributed by atoms with E-state index in [2.05, 4.69) is 56.9 Å². The van der Waals surface area contributed by atoms with Gasteiger partial charge >= 0.3 is 7.12 Å². The molecule has 2 aromatic rings. The molecule has 0 radical (unpaired) electrons. The van der Waals surface area contributed by atoms with E-state index >= 15 is 0 Å². The predicted octanol–water partition coefficient (Wildman–Crippen LogP) is 3.06. The number of rotatable bonds is 2. The van der Waals surface area contributed by atoms with Crippen LogP contribution in [0.4, 0.5) is 0 Å². The van der Waals surface area contributed by atoms with Crippen molar-refractivity contribution >= 4 is 12.6 Å². The lowest BCUT2D eigenvalue weighted by molar-refractivity contribution is 0.00578. The van der Waals surface area contributed by atoms with Gasteiger partial charge in [-0.2, -0.15) is 0 Å². The summed E-state index contributed by atoms with van der Waals surface area (Å²) in [7, 11) is -0.326. The van der Waals surface area contributed by atoms with Gasteiger partial charge in [0.15, 0.2) is 0 Å². The first-order chi connectivity index (χ1) is 11.4. The highest BCUT2D eigenvalue weighted by molar-refractivity contribution is 6.62. The number of fused-ring (bicyclic) bond motifs is 1. The summed E-state index contributed by atoms with van der Waals surface area (Å²) in [6.07, 6.45) is 2.65. The van der Waals surface area contributed by atoms with Crippen molar-refractivity contribution < 1.29 is 14.0 Å². The Kier molecular flexibility index (Phi) is 3.48. The Hall–Kier alpha value is -1.85. The molecule has 0 amide bonds. The monoisotopic (exact) mass is 323 g/mol. The topological polar surface area (TPSA) is 40.6 Å².